The van der Waals surface area contributed by atoms with E-state index in [0.717, 1.165) is 9.56 Å². The third kappa shape index (κ3) is 3.65. The minimum absolute atomic E-state index is 0.000562. The van der Waals surface area contributed by atoms with Gasteiger partial charge in [0, 0.05) is 17.3 Å². The van der Waals surface area contributed by atoms with Gasteiger partial charge in [0.05, 0.1) is 11.9 Å². The SMILES string of the molecule is C[C@H](OC(=O)c1nn(C)c(=O)c2ccccc12)C(=O)NCc1cccs1. The second-order valence-electron chi connectivity index (χ2n) is 5.67. The molecule has 1 atom stereocenters. The van der Waals surface area contributed by atoms with E-state index in [1.54, 1.807) is 24.3 Å². The van der Waals surface area contributed by atoms with Crippen molar-refractivity contribution in [3.63, 3.8) is 0 Å². The van der Waals surface area contributed by atoms with E-state index in [1.165, 1.54) is 25.3 Å². The number of ether oxygens (including phenoxy) is 1. The van der Waals surface area contributed by atoms with Crippen LogP contribution in [0.1, 0.15) is 22.3 Å². The monoisotopic (exact) mass is 371 g/mol. The standard InChI is InChI=1S/C18H17N3O4S/c1-11(16(22)19-10-12-6-5-9-26-12)25-18(24)15-13-7-3-4-8-14(13)17(23)21(2)20-15/h3-9,11H,10H2,1-2H3,(H,19,22)/t11-/m0/s1. The van der Waals surface area contributed by atoms with Crippen LogP contribution >= 0.6 is 11.3 Å². The molecule has 8 heteroatoms. The van der Waals surface area contributed by atoms with Crippen LogP contribution in [0.5, 0.6) is 0 Å². The van der Waals surface area contributed by atoms with Crippen LogP contribution in [0.3, 0.4) is 0 Å². The van der Waals surface area contributed by atoms with Gasteiger partial charge >= 0.3 is 5.97 Å². The van der Waals surface area contributed by atoms with Gasteiger partial charge in [-0.05, 0) is 24.4 Å². The third-order valence-electron chi connectivity index (χ3n) is 3.82. The Balaban J connectivity index is 1.75. The van der Waals surface area contributed by atoms with Crippen molar-refractivity contribution in [2.45, 2.75) is 19.6 Å². The number of nitrogens with one attached hydrogen (secondary N) is 1. The number of amides is 1. The Kier molecular flexibility index (Phi) is 5.13. The first-order chi connectivity index (χ1) is 12.5. The summed E-state index contributed by atoms with van der Waals surface area (Å²) >= 11 is 1.53. The number of carbonyl (C=O) groups excluding carboxylic acids is 2. The van der Waals surface area contributed by atoms with E-state index in [2.05, 4.69) is 10.4 Å². The predicted molar refractivity (Wildman–Crippen MR) is 98.0 cm³/mol. The molecule has 0 spiro atoms. The van der Waals surface area contributed by atoms with E-state index in [-0.39, 0.29) is 11.3 Å². The molecule has 3 aromatic rings. The maximum Gasteiger partial charge on any atom is 0.360 e. The van der Waals surface area contributed by atoms with Crippen molar-refractivity contribution in [3.8, 4) is 0 Å². The first kappa shape index (κ1) is 17.8. The van der Waals surface area contributed by atoms with Gasteiger partial charge < -0.3 is 10.1 Å². The molecule has 26 heavy (non-hydrogen) atoms. The number of hydrogen-bond donors (Lipinski definition) is 1. The molecule has 2 heterocycles. The molecule has 0 unspecified atom stereocenters. The highest BCUT2D eigenvalue weighted by molar-refractivity contribution is 7.09. The van der Waals surface area contributed by atoms with Crippen molar-refractivity contribution in [3.05, 3.63) is 62.7 Å². The highest BCUT2D eigenvalue weighted by Crippen LogP contribution is 2.15. The summed E-state index contributed by atoms with van der Waals surface area (Å²) in [6, 6.07) is 10.5. The van der Waals surface area contributed by atoms with Crippen LogP contribution in [-0.2, 0) is 23.1 Å². The second kappa shape index (κ2) is 7.49. The van der Waals surface area contributed by atoms with Crippen LogP contribution in [0.15, 0.2) is 46.6 Å². The van der Waals surface area contributed by atoms with Crippen LogP contribution in [0, 0.1) is 0 Å². The molecule has 0 aliphatic carbocycles. The summed E-state index contributed by atoms with van der Waals surface area (Å²) in [5.74, 6) is -1.16. The number of aryl methyl sites for hydroxylation is 1. The molecule has 0 bridgehead atoms. The minimum Gasteiger partial charge on any atom is -0.448 e. The van der Waals surface area contributed by atoms with Gasteiger partial charge in [-0.25, -0.2) is 9.48 Å². The molecule has 0 fully saturated rings. The summed E-state index contributed by atoms with van der Waals surface area (Å²) in [5, 5.41) is 9.40. The van der Waals surface area contributed by atoms with Crippen LogP contribution in [-0.4, -0.2) is 27.8 Å². The molecular weight excluding hydrogens is 354 g/mol. The molecule has 1 aromatic carbocycles. The Hall–Kier alpha value is -3.00. The molecule has 0 radical (unpaired) electrons. The highest BCUT2D eigenvalue weighted by Gasteiger charge is 2.22. The summed E-state index contributed by atoms with van der Waals surface area (Å²) in [7, 11) is 1.46. The molecule has 1 amide bonds. The summed E-state index contributed by atoms with van der Waals surface area (Å²) in [6.07, 6.45) is -0.986. The first-order valence-electron chi connectivity index (χ1n) is 7.94. The molecule has 0 saturated carbocycles. The maximum absolute atomic E-state index is 12.5. The Labute approximate surface area is 153 Å². The van der Waals surface area contributed by atoms with Gasteiger partial charge in [0.1, 0.15) is 0 Å². The number of benzene rings is 1. The average molecular weight is 371 g/mol. The quantitative estimate of drug-likeness (QED) is 0.692. The van der Waals surface area contributed by atoms with Crippen LogP contribution in [0.25, 0.3) is 10.8 Å². The minimum atomic E-state index is -0.986. The number of esters is 1. The number of nitrogens with zero attached hydrogens (tertiary/aromatic N) is 2. The van der Waals surface area contributed by atoms with Crippen molar-refractivity contribution < 1.29 is 14.3 Å². The Morgan fingerprint density at radius 1 is 1.23 bits per heavy atom. The summed E-state index contributed by atoms with van der Waals surface area (Å²) in [4.78, 5) is 37.7. The van der Waals surface area contributed by atoms with Gasteiger partial charge in [-0.2, -0.15) is 5.10 Å². The third-order valence-corrected chi connectivity index (χ3v) is 4.70. The molecule has 0 saturated heterocycles. The van der Waals surface area contributed by atoms with Gasteiger partial charge in [0.2, 0.25) is 0 Å². The lowest BCUT2D eigenvalue weighted by molar-refractivity contribution is -0.129. The van der Waals surface area contributed by atoms with E-state index >= 15 is 0 Å². The Bertz CT molecular complexity index is 1010. The normalized spacial score (nSPS) is 11.9. The Morgan fingerprint density at radius 3 is 2.65 bits per heavy atom. The molecule has 0 aliphatic rings. The van der Waals surface area contributed by atoms with E-state index in [1.807, 2.05) is 17.5 Å². The number of aromatic nitrogens is 2. The molecule has 7 nitrogen and oxygen atoms in total. The highest BCUT2D eigenvalue weighted by atomic mass is 32.1. The topological polar surface area (TPSA) is 90.3 Å². The van der Waals surface area contributed by atoms with E-state index in [0.29, 0.717) is 17.3 Å². The average Bonchev–Trinajstić information content (AvgIpc) is 3.16. The van der Waals surface area contributed by atoms with E-state index in [9.17, 15) is 14.4 Å². The summed E-state index contributed by atoms with van der Waals surface area (Å²) in [6.45, 7) is 1.87. The lowest BCUT2D eigenvalue weighted by atomic mass is 10.1. The van der Waals surface area contributed by atoms with Crippen LogP contribution in [0.4, 0.5) is 0 Å². The lowest BCUT2D eigenvalue weighted by Crippen LogP contribution is -2.36. The first-order valence-corrected chi connectivity index (χ1v) is 8.82. The van der Waals surface area contributed by atoms with Crippen molar-refractivity contribution >= 4 is 34.0 Å². The fourth-order valence-corrected chi connectivity index (χ4v) is 3.10. The zero-order chi connectivity index (χ0) is 18.7. The molecule has 3 rings (SSSR count). The Morgan fingerprint density at radius 2 is 1.96 bits per heavy atom. The smallest absolute Gasteiger partial charge is 0.360 e. The zero-order valence-corrected chi connectivity index (χ0v) is 15.1. The van der Waals surface area contributed by atoms with E-state index in [4.69, 9.17) is 4.74 Å². The van der Waals surface area contributed by atoms with Crippen molar-refractivity contribution in [2.24, 2.45) is 7.05 Å². The number of hydrogen-bond acceptors (Lipinski definition) is 6. The van der Waals surface area contributed by atoms with Crippen LogP contribution in [0.2, 0.25) is 0 Å². The summed E-state index contributed by atoms with van der Waals surface area (Å²) < 4.78 is 6.33. The lowest BCUT2D eigenvalue weighted by Gasteiger charge is -2.14. The van der Waals surface area contributed by atoms with Crippen molar-refractivity contribution in [1.29, 1.82) is 0 Å². The fourth-order valence-electron chi connectivity index (χ4n) is 2.45. The second-order valence-corrected chi connectivity index (χ2v) is 6.70. The predicted octanol–water partition coefficient (Wildman–Crippen LogP) is 1.86. The molecular formula is C18H17N3O4S. The molecule has 134 valence electrons. The van der Waals surface area contributed by atoms with Gasteiger partial charge in [0.25, 0.3) is 11.5 Å². The maximum atomic E-state index is 12.5. The number of carbonyl (C=O) groups is 2. The fraction of sp³-hybridized carbons (Fsp3) is 0.222. The van der Waals surface area contributed by atoms with Gasteiger partial charge in [-0.3, -0.25) is 9.59 Å². The van der Waals surface area contributed by atoms with Gasteiger partial charge in [-0.1, -0.05) is 24.3 Å². The molecule has 0 aliphatic heterocycles. The number of rotatable bonds is 5. The van der Waals surface area contributed by atoms with E-state index < -0.39 is 18.0 Å². The van der Waals surface area contributed by atoms with Gasteiger partial charge in [0.15, 0.2) is 11.8 Å². The van der Waals surface area contributed by atoms with Crippen molar-refractivity contribution in [2.75, 3.05) is 0 Å². The van der Waals surface area contributed by atoms with Gasteiger partial charge in [-0.15, -0.1) is 11.3 Å². The number of fused-ring (bicyclic) bond motifs is 1. The zero-order valence-electron chi connectivity index (χ0n) is 14.3. The van der Waals surface area contributed by atoms with Crippen LogP contribution < -0.4 is 10.9 Å². The molecule has 2 aromatic heterocycles. The molecule has 1 N–H and O–H groups in total. The van der Waals surface area contributed by atoms with Crippen molar-refractivity contribution in [1.82, 2.24) is 15.1 Å². The number of thiophene rings is 1. The largest absolute Gasteiger partial charge is 0.448 e. The summed E-state index contributed by atoms with van der Waals surface area (Å²) in [5.41, 5.74) is -0.306.